The maximum Gasteiger partial charge on any atom is 0.137 e. The number of carbonyl (C=O) groups excluding carboxylic acids is 1. The fourth-order valence-electron chi connectivity index (χ4n) is 4.15. The van der Waals surface area contributed by atoms with Crippen molar-refractivity contribution in [3.63, 3.8) is 0 Å². The van der Waals surface area contributed by atoms with Crippen LogP contribution in [-0.4, -0.2) is 28.3 Å². The molecule has 1 aromatic heterocycles. The van der Waals surface area contributed by atoms with Gasteiger partial charge in [-0.3, -0.25) is 9.69 Å². The summed E-state index contributed by atoms with van der Waals surface area (Å²) in [7, 11) is 0. The summed E-state index contributed by atoms with van der Waals surface area (Å²) >= 11 is 0. The van der Waals surface area contributed by atoms with E-state index in [4.69, 9.17) is 0 Å². The van der Waals surface area contributed by atoms with E-state index < -0.39 is 0 Å². The van der Waals surface area contributed by atoms with Gasteiger partial charge in [0.2, 0.25) is 0 Å². The number of hydrogen-bond donors (Lipinski definition) is 0. The molecule has 3 nitrogen and oxygen atoms in total. The van der Waals surface area contributed by atoms with Crippen LogP contribution in [0, 0.1) is 5.92 Å². The summed E-state index contributed by atoms with van der Waals surface area (Å²) in [5, 5.41) is 0. The monoisotopic (exact) mass is 372 g/mol. The average molecular weight is 373 g/mol. The van der Waals surface area contributed by atoms with Crippen molar-refractivity contribution < 1.29 is 4.79 Å². The highest BCUT2D eigenvalue weighted by Gasteiger charge is 2.21. The van der Waals surface area contributed by atoms with Crippen molar-refractivity contribution in [2.24, 2.45) is 5.92 Å². The predicted molar refractivity (Wildman–Crippen MR) is 114 cm³/mol. The van der Waals surface area contributed by atoms with E-state index in [2.05, 4.69) is 58.0 Å². The summed E-state index contributed by atoms with van der Waals surface area (Å²) in [4.78, 5) is 15.1. The number of ketones is 1. The van der Waals surface area contributed by atoms with E-state index in [0.717, 1.165) is 43.7 Å². The van der Waals surface area contributed by atoms with Gasteiger partial charge in [-0.1, -0.05) is 42.5 Å². The van der Waals surface area contributed by atoms with E-state index in [1.54, 1.807) is 0 Å². The van der Waals surface area contributed by atoms with E-state index in [9.17, 15) is 4.79 Å². The number of Topliss-reactive ketones (excluding diaryl/α,β-unsaturated/α-hetero) is 1. The Bertz CT molecular complexity index is 878. The Morgan fingerprint density at radius 3 is 2.32 bits per heavy atom. The Morgan fingerprint density at radius 1 is 0.857 bits per heavy atom. The molecule has 0 atom stereocenters. The lowest BCUT2D eigenvalue weighted by atomic mass is 9.90. The van der Waals surface area contributed by atoms with Crippen LogP contribution >= 0.6 is 0 Å². The zero-order chi connectivity index (χ0) is 19.2. The summed E-state index contributed by atoms with van der Waals surface area (Å²) < 4.78 is 2.08. The molecular weight excluding hydrogens is 344 g/mol. The molecule has 144 valence electrons. The van der Waals surface area contributed by atoms with E-state index in [1.165, 1.54) is 5.56 Å². The molecule has 1 fully saturated rings. The quantitative estimate of drug-likeness (QED) is 0.590. The van der Waals surface area contributed by atoms with Gasteiger partial charge < -0.3 is 4.57 Å². The van der Waals surface area contributed by atoms with Crippen molar-refractivity contribution in [2.45, 2.75) is 32.2 Å². The highest BCUT2D eigenvalue weighted by Crippen LogP contribution is 2.23. The summed E-state index contributed by atoms with van der Waals surface area (Å²) in [6.07, 6.45) is 7.57. The minimum Gasteiger partial charge on any atom is -0.324 e. The number of aromatic nitrogens is 1. The first-order valence-electron chi connectivity index (χ1n) is 10.3. The number of piperidine rings is 1. The molecule has 1 aliphatic heterocycles. The zero-order valence-corrected chi connectivity index (χ0v) is 16.3. The third kappa shape index (κ3) is 4.99. The largest absolute Gasteiger partial charge is 0.324 e. The third-order valence-corrected chi connectivity index (χ3v) is 5.69. The van der Waals surface area contributed by atoms with Crippen molar-refractivity contribution in [3.8, 4) is 5.69 Å². The van der Waals surface area contributed by atoms with Crippen LogP contribution < -0.4 is 0 Å². The summed E-state index contributed by atoms with van der Waals surface area (Å²) in [6, 6.07) is 23.0. The maximum atomic E-state index is 12.6. The van der Waals surface area contributed by atoms with Crippen molar-refractivity contribution in [3.05, 3.63) is 90.3 Å². The highest BCUT2D eigenvalue weighted by atomic mass is 16.1. The van der Waals surface area contributed by atoms with Crippen LogP contribution in [0.25, 0.3) is 5.69 Å². The fraction of sp³-hybridized carbons (Fsp3) is 0.320. The topological polar surface area (TPSA) is 25.2 Å². The number of carbonyl (C=O) groups is 1. The molecule has 0 bridgehead atoms. The molecule has 28 heavy (non-hydrogen) atoms. The summed E-state index contributed by atoms with van der Waals surface area (Å²) in [6.45, 7) is 3.21. The molecule has 0 amide bonds. The Hall–Kier alpha value is -2.65. The first kappa shape index (κ1) is 18.7. The van der Waals surface area contributed by atoms with Crippen LogP contribution in [0.2, 0.25) is 0 Å². The Kier molecular flexibility index (Phi) is 6.03. The molecule has 0 N–H and O–H groups in total. The van der Waals surface area contributed by atoms with Gasteiger partial charge in [0.1, 0.15) is 5.78 Å². The number of benzene rings is 2. The smallest absolute Gasteiger partial charge is 0.137 e. The minimum atomic E-state index is 0.367. The number of nitrogens with zero attached hydrogens (tertiary/aromatic N) is 2. The normalized spacial score (nSPS) is 15.6. The standard InChI is InChI=1S/C25H28N2O/c28-25(19-23-9-6-10-24(17-23)27-13-4-5-14-27)18-21-11-15-26(16-12-21)20-22-7-2-1-3-8-22/h1-10,13-14,17,21H,11-12,15-16,18-20H2. The molecule has 1 aliphatic rings. The molecule has 0 radical (unpaired) electrons. The van der Waals surface area contributed by atoms with E-state index in [0.29, 0.717) is 24.5 Å². The average Bonchev–Trinajstić information content (AvgIpc) is 3.25. The predicted octanol–water partition coefficient (Wildman–Crippen LogP) is 4.89. The molecule has 1 saturated heterocycles. The van der Waals surface area contributed by atoms with Crippen LogP contribution in [0.15, 0.2) is 79.1 Å². The second kappa shape index (κ2) is 9.03. The lowest BCUT2D eigenvalue weighted by Crippen LogP contribution is -2.34. The maximum absolute atomic E-state index is 12.6. The van der Waals surface area contributed by atoms with E-state index >= 15 is 0 Å². The van der Waals surface area contributed by atoms with Crippen molar-refractivity contribution in [1.82, 2.24) is 9.47 Å². The van der Waals surface area contributed by atoms with Crippen LogP contribution in [0.3, 0.4) is 0 Å². The Labute approximate surface area is 167 Å². The Balaban J connectivity index is 1.25. The number of rotatable bonds is 7. The number of likely N-dealkylation sites (tertiary alicyclic amines) is 1. The second-order valence-electron chi connectivity index (χ2n) is 7.88. The van der Waals surface area contributed by atoms with Gasteiger partial charge in [-0.05, 0) is 67.2 Å². The lowest BCUT2D eigenvalue weighted by molar-refractivity contribution is -0.119. The van der Waals surface area contributed by atoms with Gasteiger partial charge in [-0.2, -0.15) is 0 Å². The molecule has 0 spiro atoms. The van der Waals surface area contributed by atoms with Gasteiger partial charge in [0, 0.05) is 37.5 Å². The third-order valence-electron chi connectivity index (χ3n) is 5.69. The molecule has 2 aromatic carbocycles. The zero-order valence-electron chi connectivity index (χ0n) is 16.3. The van der Waals surface area contributed by atoms with Crippen molar-refractivity contribution in [1.29, 1.82) is 0 Å². The fourth-order valence-corrected chi connectivity index (χ4v) is 4.15. The molecule has 4 rings (SSSR count). The van der Waals surface area contributed by atoms with Gasteiger partial charge in [-0.15, -0.1) is 0 Å². The first-order valence-corrected chi connectivity index (χ1v) is 10.3. The molecule has 0 aliphatic carbocycles. The molecule has 3 heteroatoms. The van der Waals surface area contributed by atoms with Crippen LogP contribution in [0.4, 0.5) is 0 Å². The molecule has 3 aromatic rings. The van der Waals surface area contributed by atoms with Crippen LogP contribution in [-0.2, 0) is 17.8 Å². The molecule has 0 unspecified atom stereocenters. The van der Waals surface area contributed by atoms with Gasteiger partial charge in [0.05, 0.1) is 0 Å². The van der Waals surface area contributed by atoms with Gasteiger partial charge in [-0.25, -0.2) is 0 Å². The van der Waals surface area contributed by atoms with Gasteiger partial charge >= 0.3 is 0 Å². The molecule has 2 heterocycles. The molecule has 0 saturated carbocycles. The van der Waals surface area contributed by atoms with Gasteiger partial charge in [0.15, 0.2) is 0 Å². The second-order valence-corrected chi connectivity index (χ2v) is 7.88. The first-order chi connectivity index (χ1) is 13.8. The molecular formula is C25H28N2O. The highest BCUT2D eigenvalue weighted by molar-refractivity contribution is 5.81. The van der Waals surface area contributed by atoms with Crippen LogP contribution in [0.1, 0.15) is 30.4 Å². The lowest BCUT2D eigenvalue weighted by Gasteiger charge is -2.31. The minimum absolute atomic E-state index is 0.367. The Morgan fingerprint density at radius 2 is 1.57 bits per heavy atom. The summed E-state index contributed by atoms with van der Waals surface area (Å²) in [5.41, 5.74) is 3.60. The summed E-state index contributed by atoms with van der Waals surface area (Å²) in [5.74, 6) is 0.901. The van der Waals surface area contributed by atoms with E-state index in [1.807, 2.05) is 30.6 Å². The number of hydrogen-bond acceptors (Lipinski definition) is 2. The van der Waals surface area contributed by atoms with Crippen molar-refractivity contribution in [2.75, 3.05) is 13.1 Å². The van der Waals surface area contributed by atoms with Gasteiger partial charge in [0.25, 0.3) is 0 Å². The van der Waals surface area contributed by atoms with E-state index in [-0.39, 0.29) is 0 Å². The van der Waals surface area contributed by atoms with Crippen molar-refractivity contribution >= 4 is 5.78 Å². The van der Waals surface area contributed by atoms with Crippen LogP contribution in [0.5, 0.6) is 0 Å². The SMILES string of the molecule is O=C(Cc1cccc(-n2cccc2)c1)CC1CCN(Cc2ccccc2)CC1.